The molecule has 0 aliphatic carbocycles. The number of carbonyl (C=O) groups excluding carboxylic acids is 2. The standard InChI is InChI=1S/C29H25BrN2O5/c1-4-36-26-16-19(17-31-32-28(33)23-13-12-18(2)14-25(23)35-3)15-24(30)27(26)37-29(34)22-11-7-9-20-8-5-6-10-21(20)22/h5-17H,4H2,1-3H3,(H,32,33)/b31-17-. The van der Waals surface area contributed by atoms with E-state index in [1.54, 1.807) is 30.3 Å². The summed E-state index contributed by atoms with van der Waals surface area (Å²) in [5.41, 5.74) is 4.93. The molecule has 0 saturated heterocycles. The van der Waals surface area contributed by atoms with Crippen LogP contribution in [0.5, 0.6) is 17.2 Å². The van der Waals surface area contributed by atoms with Crippen molar-refractivity contribution in [2.75, 3.05) is 13.7 Å². The van der Waals surface area contributed by atoms with Crippen molar-refractivity contribution >= 4 is 44.8 Å². The number of hydrogen-bond donors (Lipinski definition) is 1. The van der Waals surface area contributed by atoms with Crippen LogP contribution in [-0.2, 0) is 0 Å². The van der Waals surface area contributed by atoms with Gasteiger partial charge in [-0.05, 0) is 82.0 Å². The van der Waals surface area contributed by atoms with Crippen LogP contribution < -0.4 is 19.6 Å². The van der Waals surface area contributed by atoms with Crippen LogP contribution in [0.3, 0.4) is 0 Å². The summed E-state index contributed by atoms with van der Waals surface area (Å²) in [6, 6.07) is 21.8. The Labute approximate surface area is 223 Å². The molecule has 7 nitrogen and oxygen atoms in total. The fraction of sp³-hybridized carbons (Fsp3) is 0.138. The molecule has 0 radical (unpaired) electrons. The van der Waals surface area contributed by atoms with Crippen molar-refractivity contribution < 1.29 is 23.8 Å². The number of rotatable bonds is 8. The van der Waals surface area contributed by atoms with Crippen molar-refractivity contribution in [1.29, 1.82) is 0 Å². The van der Waals surface area contributed by atoms with Crippen LogP contribution >= 0.6 is 15.9 Å². The van der Waals surface area contributed by atoms with Gasteiger partial charge in [-0.25, -0.2) is 10.2 Å². The van der Waals surface area contributed by atoms with Gasteiger partial charge in [0, 0.05) is 0 Å². The fourth-order valence-corrected chi connectivity index (χ4v) is 4.33. The fourth-order valence-electron chi connectivity index (χ4n) is 3.79. The predicted octanol–water partition coefficient (Wildman–Crippen LogP) is 6.30. The number of benzene rings is 4. The van der Waals surface area contributed by atoms with E-state index in [-0.39, 0.29) is 5.75 Å². The molecule has 0 aromatic heterocycles. The Kier molecular flexibility index (Phi) is 8.20. The molecule has 188 valence electrons. The van der Waals surface area contributed by atoms with Crippen LogP contribution in [0.2, 0.25) is 0 Å². The Bertz CT molecular complexity index is 1490. The first-order valence-electron chi connectivity index (χ1n) is 11.6. The molecule has 1 amide bonds. The van der Waals surface area contributed by atoms with Crippen molar-refractivity contribution in [1.82, 2.24) is 5.43 Å². The van der Waals surface area contributed by atoms with E-state index >= 15 is 0 Å². The number of fused-ring (bicyclic) bond motifs is 1. The molecule has 4 rings (SSSR count). The summed E-state index contributed by atoms with van der Waals surface area (Å²) in [4.78, 5) is 25.7. The molecule has 0 saturated carbocycles. The molecule has 37 heavy (non-hydrogen) atoms. The second kappa shape index (κ2) is 11.7. The number of methoxy groups -OCH3 is 1. The third-order valence-electron chi connectivity index (χ3n) is 5.52. The number of hydrazone groups is 1. The zero-order valence-corrected chi connectivity index (χ0v) is 22.2. The molecule has 0 atom stereocenters. The quantitative estimate of drug-likeness (QED) is 0.118. The lowest BCUT2D eigenvalue weighted by molar-refractivity contribution is 0.0729. The van der Waals surface area contributed by atoms with Gasteiger partial charge in [-0.3, -0.25) is 4.79 Å². The molecule has 0 bridgehead atoms. The number of nitrogens with zero attached hydrogens (tertiary/aromatic N) is 1. The summed E-state index contributed by atoms with van der Waals surface area (Å²) >= 11 is 3.48. The Morgan fingerprint density at radius 3 is 2.54 bits per heavy atom. The summed E-state index contributed by atoms with van der Waals surface area (Å²) in [6.07, 6.45) is 1.47. The number of aryl methyl sites for hydroxylation is 1. The second-order valence-corrected chi connectivity index (χ2v) is 8.94. The average Bonchev–Trinajstić information content (AvgIpc) is 2.90. The zero-order chi connectivity index (χ0) is 26.4. The maximum atomic E-state index is 13.1. The maximum Gasteiger partial charge on any atom is 0.344 e. The minimum absolute atomic E-state index is 0.255. The summed E-state index contributed by atoms with van der Waals surface area (Å²) in [6.45, 7) is 4.11. The van der Waals surface area contributed by atoms with Gasteiger partial charge in [-0.2, -0.15) is 5.10 Å². The number of ether oxygens (including phenoxy) is 3. The molecule has 0 fully saturated rings. The van der Waals surface area contributed by atoms with Crippen molar-refractivity contribution in [3.8, 4) is 17.2 Å². The Morgan fingerprint density at radius 2 is 1.76 bits per heavy atom. The van der Waals surface area contributed by atoms with Gasteiger partial charge in [0.2, 0.25) is 0 Å². The van der Waals surface area contributed by atoms with Gasteiger partial charge in [0.05, 0.1) is 35.5 Å². The molecule has 0 heterocycles. The molecule has 0 aliphatic rings. The molecule has 0 aliphatic heterocycles. The normalized spacial score (nSPS) is 10.9. The van der Waals surface area contributed by atoms with Crippen molar-refractivity contribution in [3.63, 3.8) is 0 Å². The Morgan fingerprint density at radius 1 is 0.973 bits per heavy atom. The number of hydrogen-bond acceptors (Lipinski definition) is 6. The Hall–Kier alpha value is -4.17. The van der Waals surface area contributed by atoms with E-state index in [2.05, 4.69) is 26.5 Å². The van der Waals surface area contributed by atoms with Crippen LogP contribution in [0.1, 0.15) is 38.8 Å². The largest absolute Gasteiger partial charge is 0.496 e. The molecule has 0 spiro atoms. The minimum atomic E-state index is -0.501. The first kappa shape index (κ1) is 25.9. The van der Waals surface area contributed by atoms with E-state index in [4.69, 9.17) is 14.2 Å². The van der Waals surface area contributed by atoms with Gasteiger partial charge in [0.15, 0.2) is 11.5 Å². The van der Waals surface area contributed by atoms with Gasteiger partial charge < -0.3 is 14.2 Å². The highest BCUT2D eigenvalue weighted by Crippen LogP contribution is 2.37. The first-order chi connectivity index (χ1) is 17.9. The van der Waals surface area contributed by atoms with Crippen molar-refractivity contribution in [2.45, 2.75) is 13.8 Å². The van der Waals surface area contributed by atoms with E-state index in [1.807, 2.05) is 56.3 Å². The molecule has 8 heteroatoms. The average molecular weight is 561 g/mol. The second-order valence-electron chi connectivity index (χ2n) is 8.08. The molecule has 1 N–H and O–H groups in total. The summed E-state index contributed by atoms with van der Waals surface area (Å²) < 4.78 is 17.3. The highest BCUT2D eigenvalue weighted by atomic mass is 79.9. The Balaban J connectivity index is 1.55. The first-order valence-corrected chi connectivity index (χ1v) is 12.3. The number of esters is 1. The molecule has 0 unspecified atom stereocenters. The predicted molar refractivity (Wildman–Crippen MR) is 147 cm³/mol. The summed E-state index contributed by atoms with van der Waals surface area (Å²) in [5, 5.41) is 5.81. The highest BCUT2D eigenvalue weighted by molar-refractivity contribution is 9.10. The summed E-state index contributed by atoms with van der Waals surface area (Å²) in [7, 11) is 1.51. The molecule has 4 aromatic rings. The topological polar surface area (TPSA) is 86.2 Å². The van der Waals surface area contributed by atoms with Crippen LogP contribution in [0, 0.1) is 6.92 Å². The van der Waals surface area contributed by atoms with Gasteiger partial charge >= 0.3 is 5.97 Å². The SMILES string of the molecule is CCOc1cc(/C=N\NC(=O)c2ccc(C)cc2OC)cc(Br)c1OC(=O)c1cccc2ccccc12. The van der Waals surface area contributed by atoms with E-state index in [0.717, 1.165) is 16.3 Å². The highest BCUT2D eigenvalue weighted by Gasteiger charge is 2.19. The van der Waals surface area contributed by atoms with Crippen molar-refractivity contribution in [2.24, 2.45) is 5.10 Å². The van der Waals surface area contributed by atoms with E-state index in [0.29, 0.717) is 39.3 Å². The van der Waals surface area contributed by atoms with Gasteiger partial charge in [0.25, 0.3) is 5.91 Å². The zero-order valence-electron chi connectivity index (χ0n) is 20.6. The minimum Gasteiger partial charge on any atom is -0.496 e. The third kappa shape index (κ3) is 5.98. The lowest BCUT2D eigenvalue weighted by Gasteiger charge is -2.14. The van der Waals surface area contributed by atoms with E-state index in [1.165, 1.54) is 13.3 Å². The number of amides is 1. The van der Waals surface area contributed by atoms with Gasteiger partial charge in [-0.1, -0.05) is 42.5 Å². The summed E-state index contributed by atoms with van der Waals surface area (Å²) in [5.74, 6) is 0.173. The van der Waals surface area contributed by atoms with Gasteiger partial charge in [-0.15, -0.1) is 0 Å². The van der Waals surface area contributed by atoms with Crippen LogP contribution in [0.25, 0.3) is 10.8 Å². The maximum absolute atomic E-state index is 13.1. The molecule has 4 aromatic carbocycles. The van der Waals surface area contributed by atoms with E-state index in [9.17, 15) is 9.59 Å². The lowest BCUT2D eigenvalue weighted by Crippen LogP contribution is -2.18. The molecular weight excluding hydrogens is 536 g/mol. The van der Waals surface area contributed by atoms with Crippen molar-refractivity contribution in [3.05, 3.63) is 99.5 Å². The van der Waals surface area contributed by atoms with E-state index < -0.39 is 11.9 Å². The number of carbonyl (C=O) groups is 2. The smallest absolute Gasteiger partial charge is 0.344 e. The lowest BCUT2D eigenvalue weighted by atomic mass is 10.0. The van der Waals surface area contributed by atoms with Crippen LogP contribution in [0.4, 0.5) is 0 Å². The molecular formula is C29H25BrN2O5. The monoisotopic (exact) mass is 560 g/mol. The van der Waals surface area contributed by atoms with Crippen LogP contribution in [0.15, 0.2) is 82.4 Å². The number of halogens is 1. The van der Waals surface area contributed by atoms with Gasteiger partial charge in [0.1, 0.15) is 5.75 Å². The number of nitrogens with one attached hydrogen (secondary N) is 1. The third-order valence-corrected chi connectivity index (χ3v) is 6.11. The van der Waals surface area contributed by atoms with Crippen LogP contribution in [-0.4, -0.2) is 31.8 Å².